The molecule has 0 aliphatic carbocycles. The third-order valence-electron chi connectivity index (χ3n) is 3.94. The van der Waals surface area contributed by atoms with E-state index in [2.05, 4.69) is 17.4 Å². The van der Waals surface area contributed by atoms with E-state index in [9.17, 15) is 4.79 Å². The van der Waals surface area contributed by atoms with Crippen molar-refractivity contribution >= 4 is 17.5 Å². The number of benzene rings is 1. The Kier molecular flexibility index (Phi) is 5.44. The predicted octanol–water partition coefficient (Wildman–Crippen LogP) is 2.65. The Morgan fingerprint density at radius 2 is 2.10 bits per heavy atom. The van der Waals surface area contributed by atoms with Crippen LogP contribution in [0.5, 0.6) is 0 Å². The molecule has 0 radical (unpaired) electrons. The molecule has 1 aromatic rings. The fourth-order valence-electron chi connectivity index (χ4n) is 2.57. The van der Waals surface area contributed by atoms with Crippen molar-refractivity contribution in [3.8, 4) is 0 Å². The van der Waals surface area contributed by atoms with Gasteiger partial charge in [0, 0.05) is 37.1 Å². The maximum Gasteiger partial charge on any atom is 0.225 e. The molecule has 1 N–H and O–H groups in total. The normalized spacial score (nSPS) is 17.1. The van der Waals surface area contributed by atoms with Gasteiger partial charge in [0.25, 0.3) is 0 Å². The first-order valence-electron chi connectivity index (χ1n) is 7.32. The fraction of sp³-hybridized carbons (Fsp3) is 0.562. The quantitative estimate of drug-likeness (QED) is 0.926. The lowest BCUT2D eigenvalue weighted by Crippen LogP contribution is -2.48. The molecule has 20 heavy (non-hydrogen) atoms. The van der Waals surface area contributed by atoms with E-state index in [1.54, 1.807) is 0 Å². The van der Waals surface area contributed by atoms with E-state index in [0.29, 0.717) is 0 Å². The van der Waals surface area contributed by atoms with Crippen molar-refractivity contribution in [2.75, 3.05) is 26.2 Å². The number of carbonyl (C=O) groups excluding carboxylic acids is 1. The van der Waals surface area contributed by atoms with Crippen LogP contribution >= 0.6 is 11.6 Å². The molecule has 110 valence electrons. The number of nitrogens with zero attached hydrogens (tertiary/aromatic N) is 1. The zero-order valence-corrected chi connectivity index (χ0v) is 13.0. The lowest BCUT2D eigenvalue weighted by atomic mass is 9.98. The molecular formula is C16H23ClN2O. The van der Waals surface area contributed by atoms with E-state index in [1.165, 1.54) is 5.56 Å². The molecule has 1 aromatic carbocycles. The van der Waals surface area contributed by atoms with Crippen LogP contribution in [0.25, 0.3) is 0 Å². The SMILES string of the molecule is Cc1cc(CCC(C)C(=O)N2CCNCC2)ccc1Cl. The molecule has 1 amide bonds. The van der Waals surface area contributed by atoms with Gasteiger partial charge >= 0.3 is 0 Å². The summed E-state index contributed by atoms with van der Waals surface area (Å²) in [5.41, 5.74) is 2.36. The van der Waals surface area contributed by atoms with Crippen molar-refractivity contribution in [3.05, 3.63) is 34.3 Å². The summed E-state index contributed by atoms with van der Waals surface area (Å²) in [5, 5.41) is 4.08. The summed E-state index contributed by atoms with van der Waals surface area (Å²) in [7, 11) is 0. The van der Waals surface area contributed by atoms with E-state index >= 15 is 0 Å². The number of amides is 1. The van der Waals surface area contributed by atoms with Crippen LogP contribution in [-0.4, -0.2) is 37.0 Å². The summed E-state index contributed by atoms with van der Waals surface area (Å²) in [6, 6.07) is 6.11. The van der Waals surface area contributed by atoms with Crippen LogP contribution in [0.3, 0.4) is 0 Å². The van der Waals surface area contributed by atoms with Crippen molar-refractivity contribution in [2.24, 2.45) is 5.92 Å². The molecule has 1 unspecified atom stereocenters. The van der Waals surface area contributed by atoms with Gasteiger partial charge in [-0.25, -0.2) is 0 Å². The van der Waals surface area contributed by atoms with Crippen molar-refractivity contribution in [3.63, 3.8) is 0 Å². The van der Waals surface area contributed by atoms with E-state index in [0.717, 1.165) is 49.6 Å². The van der Waals surface area contributed by atoms with Crippen LogP contribution in [0.4, 0.5) is 0 Å². The van der Waals surface area contributed by atoms with Crippen molar-refractivity contribution in [2.45, 2.75) is 26.7 Å². The molecule has 1 saturated heterocycles. The first-order chi connectivity index (χ1) is 9.58. The Morgan fingerprint density at radius 1 is 1.40 bits per heavy atom. The number of nitrogens with one attached hydrogen (secondary N) is 1. The number of rotatable bonds is 4. The van der Waals surface area contributed by atoms with Crippen LogP contribution < -0.4 is 5.32 Å². The fourth-order valence-corrected chi connectivity index (χ4v) is 2.68. The third kappa shape index (κ3) is 3.97. The molecule has 2 rings (SSSR count). The molecule has 1 fully saturated rings. The van der Waals surface area contributed by atoms with Gasteiger partial charge in [-0.05, 0) is 37.0 Å². The van der Waals surface area contributed by atoms with Gasteiger partial charge in [0.15, 0.2) is 0 Å². The monoisotopic (exact) mass is 294 g/mol. The second kappa shape index (κ2) is 7.09. The molecule has 0 bridgehead atoms. The Bertz CT molecular complexity index is 470. The van der Waals surface area contributed by atoms with Gasteiger partial charge in [0.05, 0.1) is 0 Å². The van der Waals surface area contributed by atoms with Crippen molar-refractivity contribution < 1.29 is 4.79 Å². The molecule has 0 saturated carbocycles. The second-order valence-corrected chi connectivity index (χ2v) is 6.01. The number of aryl methyl sites for hydroxylation is 2. The van der Waals surface area contributed by atoms with E-state index in [1.807, 2.05) is 24.8 Å². The largest absolute Gasteiger partial charge is 0.340 e. The Balaban J connectivity index is 1.85. The Labute approximate surface area is 126 Å². The standard InChI is InChI=1S/C16H23ClN2O/c1-12(16(20)19-9-7-18-8-10-19)3-4-14-5-6-15(17)13(2)11-14/h5-6,11-12,18H,3-4,7-10H2,1-2H3. The molecule has 1 atom stereocenters. The first-order valence-corrected chi connectivity index (χ1v) is 7.70. The van der Waals surface area contributed by atoms with E-state index in [4.69, 9.17) is 11.6 Å². The first kappa shape index (κ1) is 15.3. The highest BCUT2D eigenvalue weighted by molar-refractivity contribution is 6.31. The number of hydrogen-bond donors (Lipinski definition) is 1. The second-order valence-electron chi connectivity index (χ2n) is 5.60. The van der Waals surface area contributed by atoms with Crippen LogP contribution in [0, 0.1) is 12.8 Å². The number of halogens is 1. The topological polar surface area (TPSA) is 32.3 Å². The third-order valence-corrected chi connectivity index (χ3v) is 4.36. The number of piperazine rings is 1. The molecule has 1 aliphatic rings. The summed E-state index contributed by atoms with van der Waals surface area (Å²) in [4.78, 5) is 14.3. The Morgan fingerprint density at radius 3 is 2.75 bits per heavy atom. The average molecular weight is 295 g/mol. The molecule has 4 heteroatoms. The molecule has 0 aromatic heterocycles. The summed E-state index contributed by atoms with van der Waals surface area (Å²) < 4.78 is 0. The summed E-state index contributed by atoms with van der Waals surface area (Å²) in [6.07, 6.45) is 1.82. The molecular weight excluding hydrogens is 272 g/mol. The average Bonchev–Trinajstić information content (AvgIpc) is 2.48. The van der Waals surface area contributed by atoms with Crippen LogP contribution in [0.1, 0.15) is 24.5 Å². The minimum absolute atomic E-state index is 0.0871. The summed E-state index contributed by atoms with van der Waals surface area (Å²) in [6.45, 7) is 7.55. The Hall–Kier alpha value is -1.06. The van der Waals surface area contributed by atoms with Crippen LogP contribution in [0.15, 0.2) is 18.2 Å². The van der Waals surface area contributed by atoms with Gasteiger partial charge in [-0.1, -0.05) is 30.7 Å². The van der Waals surface area contributed by atoms with Gasteiger partial charge in [-0.2, -0.15) is 0 Å². The summed E-state index contributed by atoms with van der Waals surface area (Å²) in [5.74, 6) is 0.376. The highest BCUT2D eigenvalue weighted by Gasteiger charge is 2.21. The minimum atomic E-state index is 0.0871. The van der Waals surface area contributed by atoms with Crippen molar-refractivity contribution in [1.29, 1.82) is 0 Å². The number of carbonyl (C=O) groups is 1. The highest BCUT2D eigenvalue weighted by Crippen LogP contribution is 2.19. The maximum atomic E-state index is 12.3. The van der Waals surface area contributed by atoms with Gasteiger partial charge in [0.1, 0.15) is 0 Å². The minimum Gasteiger partial charge on any atom is -0.340 e. The van der Waals surface area contributed by atoms with Gasteiger partial charge in [0.2, 0.25) is 5.91 Å². The van der Waals surface area contributed by atoms with E-state index in [-0.39, 0.29) is 11.8 Å². The number of hydrogen-bond acceptors (Lipinski definition) is 2. The van der Waals surface area contributed by atoms with Crippen molar-refractivity contribution in [1.82, 2.24) is 10.2 Å². The lowest BCUT2D eigenvalue weighted by Gasteiger charge is -2.29. The van der Waals surface area contributed by atoms with E-state index < -0.39 is 0 Å². The zero-order valence-electron chi connectivity index (χ0n) is 12.3. The summed E-state index contributed by atoms with van der Waals surface area (Å²) >= 11 is 6.03. The molecule has 1 aliphatic heterocycles. The van der Waals surface area contributed by atoms with Gasteiger partial charge in [-0.3, -0.25) is 4.79 Å². The van der Waals surface area contributed by atoms with Crippen LogP contribution in [0.2, 0.25) is 5.02 Å². The molecule has 1 heterocycles. The van der Waals surface area contributed by atoms with Crippen LogP contribution in [-0.2, 0) is 11.2 Å². The smallest absolute Gasteiger partial charge is 0.225 e. The van der Waals surface area contributed by atoms with Gasteiger partial charge in [-0.15, -0.1) is 0 Å². The van der Waals surface area contributed by atoms with Gasteiger partial charge < -0.3 is 10.2 Å². The zero-order chi connectivity index (χ0) is 14.5. The lowest BCUT2D eigenvalue weighted by molar-refractivity contribution is -0.135. The highest BCUT2D eigenvalue weighted by atomic mass is 35.5. The molecule has 0 spiro atoms. The molecule has 3 nitrogen and oxygen atoms in total. The maximum absolute atomic E-state index is 12.3. The predicted molar refractivity (Wildman–Crippen MR) is 83.1 cm³/mol.